The van der Waals surface area contributed by atoms with Crippen molar-refractivity contribution in [1.82, 2.24) is 0 Å². The van der Waals surface area contributed by atoms with E-state index in [1.54, 1.807) is 0 Å². The Morgan fingerprint density at radius 2 is 1.50 bits per heavy atom. The second-order valence-corrected chi connectivity index (χ2v) is 8.01. The molecule has 0 aliphatic carbocycles. The Labute approximate surface area is 190 Å². The van der Waals surface area contributed by atoms with Crippen LogP contribution < -0.4 is 0 Å². The predicted molar refractivity (Wildman–Crippen MR) is 120 cm³/mol. The molecule has 0 radical (unpaired) electrons. The van der Waals surface area contributed by atoms with Gasteiger partial charge in [0.05, 0.1) is 6.61 Å². The summed E-state index contributed by atoms with van der Waals surface area (Å²) in [6.07, 6.45) is 14.6. The highest BCUT2D eigenvalue weighted by atomic mass is 16.8. The molecule has 1 unspecified atom stereocenters. The van der Waals surface area contributed by atoms with E-state index in [0.29, 0.717) is 6.42 Å². The van der Waals surface area contributed by atoms with Gasteiger partial charge in [-0.3, -0.25) is 4.79 Å². The second-order valence-electron chi connectivity index (χ2n) is 8.01. The maximum atomic E-state index is 12.0. The lowest BCUT2D eigenvalue weighted by atomic mass is 9.96. The number of allylic oxidation sites excluding steroid dienone is 6. The lowest BCUT2D eigenvalue weighted by Gasteiger charge is -2.43. The molecule has 1 saturated heterocycles. The highest BCUT2D eigenvalue weighted by molar-refractivity contribution is 5.69. The largest absolute Gasteiger partial charge is 0.433 e. The van der Waals surface area contributed by atoms with Crippen LogP contribution in [0.5, 0.6) is 0 Å². The third-order valence-electron chi connectivity index (χ3n) is 5.24. The quantitative estimate of drug-likeness (QED) is 0.144. The van der Waals surface area contributed by atoms with Crippen molar-refractivity contribution in [1.29, 1.82) is 0 Å². The highest BCUT2D eigenvalue weighted by Gasteiger charge is 2.54. The van der Waals surface area contributed by atoms with Gasteiger partial charge in [0.15, 0.2) is 0 Å². The summed E-state index contributed by atoms with van der Waals surface area (Å²) >= 11 is 0. The van der Waals surface area contributed by atoms with Gasteiger partial charge < -0.3 is 35.0 Å². The molecule has 184 valence electrons. The molecule has 1 aliphatic rings. The van der Waals surface area contributed by atoms with Crippen LogP contribution >= 0.6 is 0 Å². The van der Waals surface area contributed by atoms with Crippen molar-refractivity contribution in [3.8, 4) is 0 Å². The molecule has 0 aromatic carbocycles. The summed E-state index contributed by atoms with van der Waals surface area (Å²) in [6.45, 7) is 1.09. The monoisotopic (exact) mass is 456 g/mol. The number of carbonyl (C=O) groups excluding carboxylic acids is 1. The van der Waals surface area contributed by atoms with Gasteiger partial charge in [-0.1, -0.05) is 62.6 Å². The van der Waals surface area contributed by atoms with Crippen LogP contribution in [0.25, 0.3) is 0 Å². The number of aliphatic hydroxyl groups is 5. The molecule has 8 nitrogen and oxygen atoms in total. The third-order valence-corrected chi connectivity index (χ3v) is 5.24. The second kappa shape index (κ2) is 16.1. The molecule has 0 saturated carbocycles. The molecule has 1 aliphatic heterocycles. The summed E-state index contributed by atoms with van der Waals surface area (Å²) < 4.78 is 9.87. The summed E-state index contributed by atoms with van der Waals surface area (Å²) in [4.78, 5) is 12.0. The van der Waals surface area contributed by atoms with Crippen LogP contribution in [0, 0.1) is 0 Å². The first-order valence-corrected chi connectivity index (χ1v) is 11.6. The number of unbranched alkanes of at least 4 members (excludes halogenated alkanes) is 5. The Bertz CT molecular complexity index is 603. The molecule has 8 heteroatoms. The molecule has 1 rings (SSSR count). The molecule has 32 heavy (non-hydrogen) atoms. The summed E-state index contributed by atoms with van der Waals surface area (Å²) in [5.41, 5.74) is 0. The van der Waals surface area contributed by atoms with Crippen molar-refractivity contribution >= 4 is 5.97 Å². The van der Waals surface area contributed by atoms with E-state index in [1.165, 1.54) is 0 Å². The van der Waals surface area contributed by atoms with Crippen LogP contribution in [0.4, 0.5) is 0 Å². The molecule has 0 bridgehead atoms. The zero-order valence-electron chi connectivity index (χ0n) is 19.0. The fourth-order valence-corrected chi connectivity index (χ4v) is 3.26. The van der Waals surface area contributed by atoms with Crippen LogP contribution in [-0.4, -0.2) is 68.5 Å². The minimum Gasteiger partial charge on any atom is -0.433 e. The summed E-state index contributed by atoms with van der Waals surface area (Å²) in [5.74, 6) is -3.17. The number of aliphatic hydroxyl groups excluding tert-OH is 4. The molecule has 5 atom stereocenters. The Kier molecular flexibility index (Phi) is 14.4. The fraction of sp³-hybridized carbons (Fsp3) is 0.708. The maximum absolute atomic E-state index is 12.0. The zero-order chi connectivity index (χ0) is 23.8. The molecule has 0 amide bonds. The average Bonchev–Trinajstić information content (AvgIpc) is 2.78. The van der Waals surface area contributed by atoms with E-state index in [9.17, 15) is 25.2 Å². The van der Waals surface area contributed by atoms with Crippen molar-refractivity contribution < 1.29 is 39.8 Å². The number of rotatable bonds is 15. The zero-order valence-corrected chi connectivity index (χ0v) is 19.0. The lowest BCUT2D eigenvalue weighted by Crippen LogP contribution is -2.66. The molecule has 0 aromatic rings. The van der Waals surface area contributed by atoms with Crippen molar-refractivity contribution in [3.63, 3.8) is 0 Å². The topological polar surface area (TPSA) is 137 Å². The van der Waals surface area contributed by atoms with Crippen LogP contribution in [0.15, 0.2) is 36.5 Å². The number of carbonyl (C=O) groups is 1. The minimum atomic E-state index is -2.51. The molecule has 0 aromatic heterocycles. The third kappa shape index (κ3) is 10.4. The molecule has 5 N–H and O–H groups in total. The lowest BCUT2D eigenvalue weighted by molar-refractivity contribution is -0.390. The van der Waals surface area contributed by atoms with Gasteiger partial charge in [0.25, 0.3) is 0 Å². The first-order valence-electron chi connectivity index (χ1n) is 11.6. The predicted octanol–water partition coefficient (Wildman–Crippen LogP) is 2.24. The van der Waals surface area contributed by atoms with Crippen LogP contribution in [-0.2, 0) is 14.3 Å². The minimum absolute atomic E-state index is 0.0997. The molecule has 1 heterocycles. The van der Waals surface area contributed by atoms with Crippen molar-refractivity contribution in [3.05, 3.63) is 36.5 Å². The van der Waals surface area contributed by atoms with Crippen LogP contribution in [0.2, 0.25) is 0 Å². The van der Waals surface area contributed by atoms with E-state index in [2.05, 4.69) is 43.4 Å². The number of hydrogen-bond acceptors (Lipinski definition) is 8. The molecular formula is C24H40O8. The SMILES string of the molecule is CC/C=C/C/C=C/C/C=C/CCCCCCCC(=O)OC1O[C@@](O)(CO)[C@@H](O)[C@H](O)[C@@H]1O. The van der Waals surface area contributed by atoms with E-state index in [4.69, 9.17) is 14.6 Å². The van der Waals surface area contributed by atoms with Gasteiger partial charge in [0.1, 0.15) is 18.3 Å². The molecular weight excluding hydrogens is 416 g/mol. The van der Waals surface area contributed by atoms with Crippen LogP contribution in [0.3, 0.4) is 0 Å². The van der Waals surface area contributed by atoms with E-state index in [1.807, 2.05) is 0 Å². The smallest absolute Gasteiger partial charge is 0.308 e. The normalized spacial score (nSPS) is 28.8. The first-order chi connectivity index (χ1) is 15.4. The highest BCUT2D eigenvalue weighted by Crippen LogP contribution is 2.28. The molecule has 0 spiro atoms. The van der Waals surface area contributed by atoms with Crippen molar-refractivity contribution in [2.24, 2.45) is 0 Å². The Morgan fingerprint density at radius 1 is 0.906 bits per heavy atom. The number of hydrogen-bond donors (Lipinski definition) is 5. The van der Waals surface area contributed by atoms with Gasteiger partial charge in [-0.2, -0.15) is 0 Å². The van der Waals surface area contributed by atoms with E-state index in [0.717, 1.165) is 51.4 Å². The maximum Gasteiger partial charge on any atom is 0.308 e. The van der Waals surface area contributed by atoms with Crippen molar-refractivity contribution in [2.45, 2.75) is 102 Å². The van der Waals surface area contributed by atoms with Gasteiger partial charge in [0.2, 0.25) is 12.1 Å². The average molecular weight is 457 g/mol. The van der Waals surface area contributed by atoms with Gasteiger partial charge in [-0.05, 0) is 38.5 Å². The Balaban J connectivity index is 2.10. The fourth-order valence-electron chi connectivity index (χ4n) is 3.26. The summed E-state index contributed by atoms with van der Waals surface area (Å²) in [5, 5.41) is 48.4. The Morgan fingerprint density at radius 3 is 2.16 bits per heavy atom. The summed E-state index contributed by atoms with van der Waals surface area (Å²) in [6, 6.07) is 0. The molecule has 1 fully saturated rings. The van der Waals surface area contributed by atoms with E-state index in [-0.39, 0.29) is 6.42 Å². The summed E-state index contributed by atoms with van der Waals surface area (Å²) in [7, 11) is 0. The van der Waals surface area contributed by atoms with Gasteiger partial charge >= 0.3 is 5.97 Å². The standard InChI is InChI=1S/C24H40O8/c1-2-3-4-5-6-7-8-9-10-11-12-13-14-15-16-17-19(26)31-23-21(28)20(27)22(29)24(30,18-25)32-23/h3-4,6-7,9-10,20-23,25,27-30H,2,5,8,11-18H2,1H3/b4-3+,7-6+,10-9+/t20-,21+,22+,23?,24+/m1/s1. The van der Waals surface area contributed by atoms with Gasteiger partial charge in [0, 0.05) is 6.42 Å². The Hall–Kier alpha value is -1.55. The van der Waals surface area contributed by atoms with Crippen molar-refractivity contribution in [2.75, 3.05) is 6.61 Å². The first kappa shape index (κ1) is 28.5. The van der Waals surface area contributed by atoms with E-state index < -0.39 is 43.0 Å². The van der Waals surface area contributed by atoms with E-state index >= 15 is 0 Å². The number of esters is 1. The number of ether oxygens (including phenoxy) is 2. The van der Waals surface area contributed by atoms with Gasteiger partial charge in [-0.15, -0.1) is 0 Å². The van der Waals surface area contributed by atoms with Crippen LogP contribution in [0.1, 0.15) is 71.1 Å². The van der Waals surface area contributed by atoms with Gasteiger partial charge in [-0.25, -0.2) is 0 Å².